The van der Waals surface area contributed by atoms with Crippen LogP contribution in [0, 0.1) is 24.7 Å². The molecule has 1 fully saturated rings. The van der Waals surface area contributed by atoms with E-state index in [4.69, 9.17) is 4.74 Å². The smallest absolute Gasteiger partial charge is 0.227 e. The molecule has 0 saturated heterocycles. The molecule has 0 heterocycles. The van der Waals surface area contributed by atoms with Crippen molar-refractivity contribution in [2.45, 2.75) is 71.6 Å². The number of benzene rings is 2. The SMILES string of the molecule is CCc1ccc(NC(=O)C2CCC(CC3CCCc4c(C)cccc4C3=O)CC2)cc1OC. The molecule has 0 radical (unpaired) electrons. The number of ether oxygens (including phenoxy) is 1. The van der Waals surface area contributed by atoms with Gasteiger partial charge in [0.1, 0.15) is 5.75 Å². The number of carbonyl (C=O) groups excluding carboxylic acids is 2. The third-order valence-electron chi connectivity index (χ3n) is 7.80. The third kappa shape index (κ3) is 5.31. The van der Waals surface area contributed by atoms with E-state index in [2.05, 4.69) is 25.2 Å². The summed E-state index contributed by atoms with van der Waals surface area (Å²) < 4.78 is 5.46. The van der Waals surface area contributed by atoms with E-state index >= 15 is 0 Å². The molecule has 4 nitrogen and oxygen atoms in total. The number of methoxy groups -OCH3 is 1. The Morgan fingerprint density at radius 1 is 1.09 bits per heavy atom. The van der Waals surface area contributed by atoms with E-state index < -0.39 is 0 Å². The Kier molecular flexibility index (Phi) is 7.52. The van der Waals surface area contributed by atoms with Gasteiger partial charge in [-0.05, 0) is 93.4 Å². The normalized spacial score (nSPS) is 22.9. The fourth-order valence-corrected chi connectivity index (χ4v) is 5.79. The highest BCUT2D eigenvalue weighted by atomic mass is 16.5. The van der Waals surface area contributed by atoms with Gasteiger partial charge in [-0.15, -0.1) is 0 Å². The van der Waals surface area contributed by atoms with Crippen molar-refractivity contribution in [1.82, 2.24) is 0 Å². The lowest BCUT2D eigenvalue weighted by molar-refractivity contribution is -0.121. The number of fused-ring (bicyclic) bond motifs is 1. The van der Waals surface area contributed by atoms with Gasteiger partial charge in [0.25, 0.3) is 0 Å². The fourth-order valence-electron chi connectivity index (χ4n) is 5.79. The van der Waals surface area contributed by atoms with Crippen molar-refractivity contribution in [3.8, 4) is 5.75 Å². The summed E-state index contributed by atoms with van der Waals surface area (Å²) in [5, 5.41) is 3.09. The molecule has 2 aliphatic carbocycles. The number of aryl methyl sites for hydroxylation is 2. The van der Waals surface area contributed by atoms with E-state index in [-0.39, 0.29) is 17.7 Å². The van der Waals surface area contributed by atoms with Gasteiger partial charge in [-0.25, -0.2) is 0 Å². The lowest BCUT2D eigenvalue weighted by atomic mass is 9.76. The van der Waals surface area contributed by atoms with Crippen LogP contribution in [0.5, 0.6) is 5.75 Å². The molecule has 1 N–H and O–H groups in total. The first-order valence-electron chi connectivity index (χ1n) is 12.6. The maximum absolute atomic E-state index is 13.3. The monoisotopic (exact) mass is 447 g/mol. The first-order valence-corrected chi connectivity index (χ1v) is 12.6. The summed E-state index contributed by atoms with van der Waals surface area (Å²) in [4.78, 5) is 26.1. The summed E-state index contributed by atoms with van der Waals surface area (Å²) in [6, 6.07) is 12.1. The summed E-state index contributed by atoms with van der Waals surface area (Å²) in [5.41, 5.74) is 5.40. The molecule has 4 rings (SSSR count). The molecule has 176 valence electrons. The second kappa shape index (κ2) is 10.5. The third-order valence-corrected chi connectivity index (χ3v) is 7.80. The van der Waals surface area contributed by atoms with Crippen LogP contribution >= 0.6 is 0 Å². The van der Waals surface area contributed by atoms with Crippen molar-refractivity contribution in [3.05, 3.63) is 58.7 Å². The predicted molar refractivity (Wildman–Crippen MR) is 133 cm³/mol. The van der Waals surface area contributed by atoms with E-state index in [0.717, 1.165) is 80.4 Å². The average molecular weight is 448 g/mol. The van der Waals surface area contributed by atoms with Gasteiger partial charge in [-0.1, -0.05) is 31.2 Å². The van der Waals surface area contributed by atoms with Crippen LogP contribution in [-0.2, 0) is 17.6 Å². The zero-order valence-electron chi connectivity index (χ0n) is 20.3. The molecule has 2 aromatic carbocycles. The predicted octanol–water partition coefficient (Wildman–Crippen LogP) is 6.54. The summed E-state index contributed by atoms with van der Waals surface area (Å²) in [6.07, 6.45) is 8.82. The van der Waals surface area contributed by atoms with Crippen molar-refractivity contribution in [1.29, 1.82) is 0 Å². The summed E-state index contributed by atoms with van der Waals surface area (Å²) >= 11 is 0. The Hall–Kier alpha value is -2.62. The van der Waals surface area contributed by atoms with E-state index in [0.29, 0.717) is 11.7 Å². The molecule has 0 aliphatic heterocycles. The average Bonchev–Trinajstić information content (AvgIpc) is 2.99. The zero-order valence-corrected chi connectivity index (χ0v) is 20.3. The van der Waals surface area contributed by atoms with Gasteiger partial charge in [0.2, 0.25) is 5.91 Å². The van der Waals surface area contributed by atoms with Gasteiger partial charge in [0.15, 0.2) is 5.78 Å². The van der Waals surface area contributed by atoms with Crippen LogP contribution in [0.4, 0.5) is 5.69 Å². The number of anilines is 1. The number of amides is 1. The molecule has 1 atom stereocenters. The molecule has 1 amide bonds. The van der Waals surface area contributed by atoms with Gasteiger partial charge in [-0.3, -0.25) is 9.59 Å². The minimum atomic E-state index is 0.0475. The molecular formula is C29H37NO3. The van der Waals surface area contributed by atoms with E-state index in [1.807, 2.05) is 30.3 Å². The summed E-state index contributed by atoms with van der Waals surface area (Å²) in [6.45, 7) is 4.21. The Morgan fingerprint density at radius 3 is 2.61 bits per heavy atom. The molecule has 1 unspecified atom stereocenters. The number of hydrogen-bond acceptors (Lipinski definition) is 3. The molecule has 1 saturated carbocycles. The van der Waals surface area contributed by atoms with Crippen LogP contribution in [0.3, 0.4) is 0 Å². The quantitative estimate of drug-likeness (QED) is 0.512. The Morgan fingerprint density at radius 2 is 1.88 bits per heavy atom. The van der Waals surface area contributed by atoms with Crippen molar-refractivity contribution in [3.63, 3.8) is 0 Å². The van der Waals surface area contributed by atoms with Crippen molar-refractivity contribution < 1.29 is 14.3 Å². The number of Topliss-reactive ketones (excluding diaryl/α,β-unsaturated/α-hetero) is 1. The molecule has 2 aliphatic rings. The van der Waals surface area contributed by atoms with Crippen LogP contribution < -0.4 is 10.1 Å². The topological polar surface area (TPSA) is 55.4 Å². The summed E-state index contributed by atoms with van der Waals surface area (Å²) in [5.74, 6) is 1.99. The zero-order chi connectivity index (χ0) is 23.4. The Bertz CT molecular complexity index is 1000. The molecule has 0 bridgehead atoms. The van der Waals surface area contributed by atoms with Gasteiger partial charge in [0.05, 0.1) is 7.11 Å². The van der Waals surface area contributed by atoms with Crippen LogP contribution in [-0.4, -0.2) is 18.8 Å². The second-order valence-electron chi connectivity index (χ2n) is 9.88. The van der Waals surface area contributed by atoms with Crippen LogP contribution in [0.25, 0.3) is 0 Å². The van der Waals surface area contributed by atoms with Crippen LogP contribution in [0.1, 0.15) is 78.9 Å². The number of rotatable bonds is 6. The highest BCUT2D eigenvalue weighted by molar-refractivity contribution is 5.99. The molecule has 33 heavy (non-hydrogen) atoms. The maximum Gasteiger partial charge on any atom is 0.227 e. The van der Waals surface area contributed by atoms with Crippen LogP contribution in [0.2, 0.25) is 0 Å². The van der Waals surface area contributed by atoms with Crippen molar-refractivity contribution in [2.24, 2.45) is 17.8 Å². The molecular weight excluding hydrogens is 410 g/mol. The number of carbonyl (C=O) groups is 2. The number of nitrogens with one attached hydrogen (secondary N) is 1. The van der Waals surface area contributed by atoms with Gasteiger partial charge in [0, 0.05) is 29.2 Å². The van der Waals surface area contributed by atoms with E-state index in [1.165, 1.54) is 11.1 Å². The van der Waals surface area contributed by atoms with Gasteiger partial charge in [-0.2, -0.15) is 0 Å². The lowest BCUT2D eigenvalue weighted by Crippen LogP contribution is -2.28. The van der Waals surface area contributed by atoms with E-state index in [1.54, 1.807) is 7.11 Å². The largest absolute Gasteiger partial charge is 0.496 e. The Labute approximate surface area is 198 Å². The number of hydrogen-bond donors (Lipinski definition) is 1. The lowest BCUT2D eigenvalue weighted by Gasteiger charge is -2.30. The fraction of sp³-hybridized carbons (Fsp3) is 0.517. The van der Waals surface area contributed by atoms with Gasteiger partial charge >= 0.3 is 0 Å². The molecule has 4 heteroatoms. The van der Waals surface area contributed by atoms with Gasteiger partial charge < -0.3 is 10.1 Å². The minimum absolute atomic E-state index is 0.0475. The number of ketones is 1. The first kappa shape index (κ1) is 23.5. The maximum atomic E-state index is 13.3. The standard InChI is InChI=1S/C29H37NO3/c1-4-21-15-16-24(18-27(21)33-3)30-29(32)22-13-11-20(12-14-22)17-23-8-6-9-25-19(2)7-5-10-26(25)28(23)31/h5,7,10,15-16,18,20,22-23H,4,6,8-9,11-14,17H2,1-3H3,(H,30,32). The highest BCUT2D eigenvalue weighted by Gasteiger charge is 2.32. The summed E-state index contributed by atoms with van der Waals surface area (Å²) in [7, 11) is 1.67. The van der Waals surface area contributed by atoms with Crippen molar-refractivity contribution in [2.75, 3.05) is 12.4 Å². The van der Waals surface area contributed by atoms with Crippen molar-refractivity contribution >= 4 is 17.4 Å². The first-order chi connectivity index (χ1) is 16.0. The van der Waals surface area contributed by atoms with Crippen LogP contribution in [0.15, 0.2) is 36.4 Å². The Balaban J connectivity index is 1.32. The molecule has 2 aromatic rings. The highest BCUT2D eigenvalue weighted by Crippen LogP contribution is 2.37. The minimum Gasteiger partial charge on any atom is -0.496 e. The molecule has 0 aromatic heterocycles. The van der Waals surface area contributed by atoms with E-state index in [9.17, 15) is 9.59 Å². The molecule has 0 spiro atoms. The second-order valence-corrected chi connectivity index (χ2v) is 9.88.